The molecule has 0 bridgehead atoms. The first-order valence-corrected chi connectivity index (χ1v) is 6.23. The standard InChI is InChI=1S/C10H15ClN2S/c1-14-7-10(13-12)6-8-3-2-4-9(11)5-8/h2-5,10,13H,6-7,12H2,1H3. The number of benzene rings is 1. The van der Waals surface area contributed by atoms with Crippen molar-refractivity contribution in [2.24, 2.45) is 5.84 Å². The van der Waals surface area contributed by atoms with E-state index in [1.165, 1.54) is 5.56 Å². The molecule has 0 aliphatic heterocycles. The highest BCUT2D eigenvalue weighted by molar-refractivity contribution is 7.98. The summed E-state index contributed by atoms with van der Waals surface area (Å²) in [4.78, 5) is 0. The molecule has 0 aliphatic rings. The summed E-state index contributed by atoms with van der Waals surface area (Å²) in [6.07, 6.45) is 2.99. The van der Waals surface area contributed by atoms with E-state index in [1.807, 2.05) is 18.2 Å². The number of hydrazine groups is 1. The molecule has 0 amide bonds. The van der Waals surface area contributed by atoms with Gasteiger partial charge in [0.1, 0.15) is 0 Å². The molecule has 0 radical (unpaired) electrons. The number of nitrogens with one attached hydrogen (secondary N) is 1. The highest BCUT2D eigenvalue weighted by atomic mass is 35.5. The SMILES string of the molecule is CSCC(Cc1cccc(Cl)c1)NN. The Hall–Kier alpha value is -0.220. The molecule has 0 fully saturated rings. The second kappa shape index (κ2) is 6.30. The van der Waals surface area contributed by atoms with Crippen LogP contribution >= 0.6 is 23.4 Å². The van der Waals surface area contributed by atoms with Crippen molar-refractivity contribution in [3.8, 4) is 0 Å². The van der Waals surface area contributed by atoms with Crippen LogP contribution in [0.5, 0.6) is 0 Å². The van der Waals surface area contributed by atoms with Gasteiger partial charge in [0.2, 0.25) is 0 Å². The normalized spacial score (nSPS) is 12.8. The van der Waals surface area contributed by atoms with Gasteiger partial charge in [-0.1, -0.05) is 23.7 Å². The molecule has 3 N–H and O–H groups in total. The van der Waals surface area contributed by atoms with E-state index in [9.17, 15) is 0 Å². The zero-order chi connectivity index (χ0) is 10.4. The van der Waals surface area contributed by atoms with E-state index < -0.39 is 0 Å². The third-order valence-electron chi connectivity index (χ3n) is 1.97. The lowest BCUT2D eigenvalue weighted by atomic mass is 10.1. The van der Waals surface area contributed by atoms with Crippen LogP contribution in [0.1, 0.15) is 5.56 Å². The first kappa shape index (κ1) is 11.9. The van der Waals surface area contributed by atoms with Crippen LogP contribution in [-0.4, -0.2) is 18.1 Å². The third kappa shape index (κ3) is 3.88. The Bertz CT molecular complexity index is 281. The predicted octanol–water partition coefficient (Wildman–Crippen LogP) is 2.08. The molecule has 1 unspecified atom stereocenters. The molecule has 0 spiro atoms. The predicted molar refractivity (Wildman–Crippen MR) is 64.6 cm³/mol. The van der Waals surface area contributed by atoms with Gasteiger partial charge in [0.05, 0.1) is 0 Å². The molecule has 1 aromatic carbocycles. The molecule has 2 nitrogen and oxygen atoms in total. The van der Waals surface area contributed by atoms with Crippen molar-refractivity contribution >= 4 is 23.4 Å². The van der Waals surface area contributed by atoms with Gasteiger partial charge in [-0.25, -0.2) is 0 Å². The number of hydrogen-bond acceptors (Lipinski definition) is 3. The largest absolute Gasteiger partial charge is 0.271 e. The number of hydrogen-bond donors (Lipinski definition) is 2. The van der Waals surface area contributed by atoms with Gasteiger partial charge in [-0.05, 0) is 30.4 Å². The minimum atomic E-state index is 0.309. The van der Waals surface area contributed by atoms with Crippen molar-refractivity contribution in [1.82, 2.24) is 5.43 Å². The topological polar surface area (TPSA) is 38.0 Å². The zero-order valence-corrected chi connectivity index (χ0v) is 9.74. The molecule has 4 heteroatoms. The fourth-order valence-electron chi connectivity index (χ4n) is 1.32. The molecule has 0 saturated carbocycles. The van der Waals surface area contributed by atoms with Crippen LogP contribution in [0.15, 0.2) is 24.3 Å². The highest BCUT2D eigenvalue weighted by Crippen LogP contribution is 2.13. The third-order valence-corrected chi connectivity index (χ3v) is 2.95. The molecular formula is C10H15ClN2S. The van der Waals surface area contributed by atoms with Gasteiger partial charge >= 0.3 is 0 Å². The van der Waals surface area contributed by atoms with Crippen molar-refractivity contribution < 1.29 is 0 Å². The summed E-state index contributed by atoms with van der Waals surface area (Å²) < 4.78 is 0. The van der Waals surface area contributed by atoms with Gasteiger partial charge in [0.25, 0.3) is 0 Å². The molecule has 0 saturated heterocycles. The number of thioether (sulfide) groups is 1. The summed E-state index contributed by atoms with van der Waals surface area (Å²) >= 11 is 7.67. The lowest BCUT2D eigenvalue weighted by Gasteiger charge is -2.14. The molecule has 0 heterocycles. The summed E-state index contributed by atoms with van der Waals surface area (Å²) in [6.45, 7) is 0. The molecule has 1 atom stereocenters. The molecule has 0 aromatic heterocycles. The van der Waals surface area contributed by atoms with E-state index in [4.69, 9.17) is 17.4 Å². The highest BCUT2D eigenvalue weighted by Gasteiger charge is 2.06. The van der Waals surface area contributed by atoms with E-state index in [-0.39, 0.29) is 0 Å². The summed E-state index contributed by atoms with van der Waals surface area (Å²) in [6, 6.07) is 8.20. The minimum Gasteiger partial charge on any atom is -0.271 e. The average Bonchev–Trinajstić information content (AvgIpc) is 2.17. The van der Waals surface area contributed by atoms with Gasteiger partial charge in [-0.15, -0.1) is 0 Å². The van der Waals surface area contributed by atoms with E-state index in [2.05, 4.69) is 17.7 Å². The van der Waals surface area contributed by atoms with Crippen molar-refractivity contribution in [1.29, 1.82) is 0 Å². The summed E-state index contributed by atoms with van der Waals surface area (Å²) in [7, 11) is 0. The summed E-state index contributed by atoms with van der Waals surface area (Å²) in [5.41, 5.74) is 4.02. The molecule has 1 aromatic rings. The van der Waals surface area contributed by atoms with E-state index in [1.54, 1.807) is 11.8 Å². The van der Waals surface area contributed by atoms with Crippen molar-refractivity contribution in [3.63, 3.8) is 0 Å². The smallest absolute Gasteiger partial charge is 0.0408 e. The Balaban J connectivity index is 2.57. The minimum absolute atomic E-state index is 0.309. The Labute approximate surface area is 94.2 Å². The van der Waals surface area contributed by atoms with Crippen molar-refractivity contribution in [2.45, 2.75) is 12.5 Å². The maximum Gasteiger partial charge on any atom is 0.0408 e. The quantitative estimate of drug-likeness (QED) is 0.601. The van der Waals surface area contributed by atoms with Crippen LogP contribution in [-0.2, 0) is 6.42 Å². The first-order valence-electron chi connectivity index (χ1n) is 4.45. The number of rotatable bonds is 5. The maximum atomic E-state index is 5.89. The lowest BCUT2D eigenvalue weighted by Crippen LogP contribution is -2.38. The summed E-state index contributed by atoms with van der Waals surface area (Å²) in [5.74, 6) is 6.45. The fourth-order valence-corrected chi connectivity index (χ4v) is 2.14. The number of nitrogens with two attached hydrogens (primary N) is 1. The summed E-state index contributed by atoms with van der Waals surface area (Å²) in [5, 5.41) is 0.780. The Morgan fingerprint density at radius 2 is 2.36 bits per heavy atom. The molecule has 1 rings (SSSR count). The lowest BCUT2D eigenvalue weighted by molar-refractivity contribution is 0.576. The monoisotopic (exact) mass is 230 g/mol. The van der Waals surface area contributed by atoms with Gasteiger partial charge in [0.15, 0.2) is 0 Å². The van der Waals surface area contributed by atoms with Crippen LogP contribution in [0.2, 0.25) is 5.02 Å². The van der Waals surface area contributed by atoms with Gasteiger partial charge in [-0.3, -0.25) is 11.3 Å². The Morgan fingerprint density at radius 1 is 1.57 bits per heavy atom. The zero-order valence-electron chi connectivity index (χ0n) is 8.16. The molecule has 78 valence electrons. The molecule has 0 aliphatic carbocycles. The van der Waals surface area contributed by atoms with E-state index in [0.717, 1.165) is 17.2 Å². The second-order valence-corrected chi connectivity index (χ2v) is 4.50. The number of halogens is 1. The van der Waals surface area contributed by atoms with Crippen molar-refractivity contribution in [2.75, 3.05) is 12.0 Å². The van der Waals surface area contributed by atoms with Crippen LogP contribution < -0.4 is 11.3 Å². The molecular weight excluding hydrogens is 216 g/mol. The molecule has 14 heavy (non-hydrogen) atoms. The van der Waals surface area contributed by atoms with Gasteiger partial charge < -0.3 is 0 Å². The van der Waals surface area contributed by atoms with Gasteiger partial charge in [0, 0.05) is 16.8 Å². The van der Waals surface area contributed by atoms with Crippen molar-refractivity contribution in [3.05, 3.63) is 34.9 Å². The van der Waals surface area contributed by atoms with Crippen LogP contribution in [0, 0.1) is 0 Å². The Morgan fingerprint density at radius 3 is 2.93 bits per heavy atom. The van der Waals surface area contributed by atoms with Crippen LogP contribution in [0.3, 0.4) is 0 Å². The Kier molecular flexibility index (Phi) is 5.33. The maximum absolute atomic E-state index is 5.89. The first-order chi connectivity index (χ1) is 6.76. The van der Waals surface area contributed by atoms with Crippen LogP contribution in [0.25, 0.3) is 0 Å². The fraction of sp³-hybridized carbons (Fsp3) is 0.400. The van der Waals surface area contributed by atoms with Gasteiger partial charge in [-0.2, -0.15) is 11.8 Å². The average molecular weight is 231 g/mol. The second-order valence-electron chi connectivity index (χ2n) is 3.15. The van der Waals surface area contributed by atoms with Crippen LogP contribution in [0.4, 0.5) is 0 Å². The van der Waals surface area contributed by atoms with E-state index >= 15 is 0 Å². The van der Waals surface area contributed by atoms with E-state index in [0.29, 0.717) is 6.04 Å².